The van der Waals surface area contributed by atoms with Crippen molar-refractivity contribution in [3.8, 4) is 0 Å². The topological polar surface area (TPSA) is 64.7 Å². The SMILES string of the molecule is CC(C)CCN1[C@H](C(=O)N[C@@H](CSCC2CCCCC2)C(=O)NC2CCN(Cc3ccccc3)CC2)CSC1(C)C. The monoisotopic (exact) mass is 602 g/mol. The third-order valence-corrected chi connectivity index (χ3v) is 11.8. The zero-order valence-corrected chi connectivity index (χ0v) is 27.5. The normalized spacial score (nSPS) is 23.5. The van der Waals surface area contributed by atoms with Crippen LogP contribution in [-0.4, -0.2) is 81.5 Å². The van der Waals surface area contributed by atoms with Gasteiger partial charge in [0.25, 0.3) is 0 Å². The Morgan fingerprint density at radius 2 is 1.76 bits per heavy atom. The molecule has 1 aromatic carbocycles. The van der Waals surface area contributed by atoms with Gasteiger partial charge in [0.2, 0.25) is 11.8 Å². The highest BCUT2D eigenvalue weighted by Gasteiger charge is 2.44. The van der Waals surface area contributed by atoms with Gasteiger partial charge in [0, 0.05) is 43.7 Å². The molecule has 3 fully saturated rings. The highest BCUT2D eigenvalue weighted by Crippen LogP contribution is 2.39. The van der Waals surface area contributed by atoms with E-state index in [2.05, 4.69) is 78.5 Å². The maximum Gasteiger partial charge on any atom is 0.243 e. The zero-order chi connectivity index (χ0) is 29.2. The van der Waals surface area contributed by atoms with E-state index in [0.29, 0.717) is 11.7 Å². The summed E-state index contributed by atoms with van der Waals surface area (Å²) in [4.78, 5) is 32.1. The fourth-order valence-electron chi connectivity index (χ4n) is 6.41. The molecule has 2 heterocycles. The molecule has 2 aliphatic heterocycles. The number of carbonyl (C=O) groups excluding carboxylic acids is 2. The van der Waals surface area contributed by atoms with Gasteiger partial charge in [0.15, 0.2) is 0 Å². The molecule has 4 rings (SSSR count). The number of likely N-dealkylation sites (tertiary alicyclic amines) is 1. The van der Waals surface area contributed by atoms with Crippen LogP contribution in [0.1, 0.15) is 84.6 Å². The lowest BCUT2D eigenvalue weighted by atomic mass is 9.91. The Bertz CT molecular complexity index is 946. The van der Waals surface area contributed by atoms with Gasteiger partial charge >= 0.3 is 0 Å². The smallest absolute Gasteiger partial charge is 0.243 e. The molecule has 0 spiro atoms. The molecule has 0 bridgehead atoms. The number of amides is 2. The van der Waals surface area contributed by atoms with Gasteiger partial charge < -0.3 is 10.6 Å². The minimum atomic E-state index is -0.487. The maximum absolute atomic E-state index is 13.7. The van der Waals surface area contributed by atoms with Crippen molar-refractivity contribution in [2.24, 2.45) is 11.8 Å². The van der Waals surface area contributed by atoms with Crippen LogP contribution >= 0.6 is 23.5 Å². The minimum absolute atomic E-state index is 0.00496. The van der Waals surface area contributed by atoms with E-state index in [9.17, 15) is 9.59 Å². The molecule has 0 aromatic heterocycles. The summed E-state index contributed by atoms with van der Waals surface area (Å²) in [5.74, 6) is 3.87. The zero-order valence-electron chi connectivity index (χ0n) is 25.9. The van der Waals surface area contributed by atoms with E-state index < -0.39 is 6.04 Å². The van der Waals surface area contributed by atoms with Crippen molar-refractivity contribution in [1.29, 1.82) is 0 Å². The average molecular weight is 603 g/mol. The Kier molecular flexibility index (Phi) is 12.8. The number of thioether (sulfide) groups is 2. The molecular formula is C33H54N4O2S2. The number of carbonyl (C=O) groups is 2. The van der Waals surface area contributed by atoms with E-state index in [-0.39, 0.29) is 28.8 Å². The summed E-state index contributed by atoms with van der Waals surface area (Å²) in [6, 6.07) is 10.1. The first-order valence-electron chi connectivity index (χ1n) is 16.1. The highest BCUT2D eigenvalue weighted by atomic mass is 32.2. The van der Waals surface area contributed by atoms with E-state index in [1.165, 1.54) is 37.7 Å². The second-order valence-electron chi connectivity index (χ2n) is 13.3. The van der Waals surface area contributed by atoms with Crippen molar-refractivity contribution in [2.45, 2.75) is 109 Å². The summed E-state index contributed by atoms with van der Waals surface area (Å²) in [5.41, 5.74) is 1.34. The van der Waals surface area contributed by atoms with Crippen LogP contribution in [0.5, 0.6) is 0 Å². The van der Waals surface area contributed by atoms with E-state index in [1.807, 2.05) is 23.5 Å². The predicted octanol–water partition coefficient (Wildman–Crippen LogP) is 5.77. The third-order valence-electron chi connectivity index (χ3n) is 9.09. The van der Waals surface area contributed by atoms with Crippen LogP contribution in [-0.2, 0) is 16.1 Å². The van der Waals surface area contributed by atoms with Gasteiger partial charge in [-0.3, -0.25) is 19.4 Å². The third kappa shape index (κ3) is 10.2. The van der Waals surface area contributed by atoms with E-state index in [4.69, 9.17) is 0 Å². The minimum Gasteiger partial charge on any atom is -0.351 e. The van der Waals surface area contributed by atoms with Gasteiger partial charge in [-0.1, -0.05) is 63.4 Å². The molecule has 1 saturated carbocycles. The van der Waals surface area contributed by atoms with Gasteiger partial charge in [-0.15, -0.1) is 11.8 Å². The molecular weight excluding hydrogens is 549 g/mol. The number of piperidine rings is 1. The van der Waals surface area contributed by atoms with Crippen molar-refractivity contribution >= 4 is 35.3 Å². The molecule has 2 N–H and O–H groups in total. The van der Waals surface area contributed by atoms with Crippen molar-refractivity contribution in [3.05, 3.63) is 35.9 Å². The second kappa shape index (κ2) is 16.0. The Labute approximate surface area is 257 Å². The van der Waals surface area contributed by atoms with Crippen molar-refractivity contribution in [3.63, 3.8) is 0 Å². The quantitative estimate of drug-likeness (QED) is 0.299. The predicted molar refractivity (Wildman–Crippen MR) is 175 cm³/mol. The number of rotatable bonds is 13. The Morgan fingerprint density at radius 1 is 1.05 bits per heavy atom. The van der Waals surface area contributed by atoms with Gasteiger partial charge in [-0.05, 0) is 69.1 Å². The van der Waals surface area contributed by atoms with Crippen molar-refractivity contribution < 1.29 is 9.59 Å². The first-order valence-corrected chi connectivity index (χ1v) is 18.2. The number of hydrogen-bond acceptors (Lipinski definition) is 6. The summed E-state index contributed by atoms with van der Waals surface area (Å²) in [7, 11) is 0. The van der Waals surface area contributed by atoms with Crippen LogP contribution in [0, 0.1) is 11.8 Å². The Balaban J connectivity index is 1.33. The van der Waals surface area contributed by atoms with Crippen LogP contribution in [0.25, 0.3) is 0 Å². The molecule has 41 heavy (non-hydrogen) atoms. The maximum atomic E-state index is 13.7. The fourth-order valence-corrected chi connectivity index (χ4v) is 8.96. The molecule has 0 radical (unpaired) electrons. The lowest BCUT2D eigenvalue weighted by Gasteiger charge is -2.35. The first-order chi connectivity index (χ1) is 19.7. The van der Waals surface area contributed by atoms with E-state index in [0.717, 1.165) is 62.9 Å². The molecule has 1 aromatic rings. The van der Waals surface area contributed by atoms with Gasteiger partial charge in [0.05, 0.1) is 10.9 Å². The molecule has 1 aliphatic carbocycles. The van der Waals surface area contributed by atoms with Gasteiger partial charge in [-0.25, -0.2) is 0 Å². The van der Waals surface area contributed by atoms with Crippen molar-refractivity contribution in [2.75, 3.05) is 36.9 Å². The summed E-state index contributed by atoms with van der Waals surface area (Å²) >= 11 is 3.71. The van der Waals surface area contributed by atoms with Crippen LogP contribution in [0.3, 0.4) is 0 Å². The first kappa shape index (κ1) is 32.7. The van der Waals surface area contributed by atoms with Crippen molar-refractivity contribution in [1.82, 2.24) is 20.4 Å². The number of nitrogens with zero attached hydrogens (tertiary/aromatic N) is 2. The van der Waals surface area contributed by atoms with Crippen LogP contribution in [0.2, 0.25) is 0 Å². The number of hydrogen-bond donors (Lipinski definition) is 2. The molecule has 2 atom stereocenters. The average Bonchev–Trinajstić information content (AvgIpc) is 3.27. The lowest BCUT2D eigenvalue weighted by Crippen LogP contribution is -2.57. The molecule has 3 aliphatic rings. The molecule has 2 amide bonds. The second-order valence-corrected chi connectivity index (χ2v) is 16.0. The van der Waals surface area contributed by atoms with Crippen LogP contribution in [0.15, 0.2) is 30.3 Å². The Hall–Kier alpha value is -1.22. The lowest BCUT2D eigenvalue weighted by molar-refractivity contribution is -0.131. The molecule has 0 unspecified atom stereocenters. The number of benzene rings is 1. The summed E-state index contributed by atoms with van der Waals surface area (Å²) in [5, 5.41) is 6.59. The largest absolute Gasteiger partial charge is 0.351 e. The Morgan fingerprint density at radius 3 is 2.44 bits per heavy atom. The summed E-state index contributed by atoms with van der Waals surface area (Å²) in [6.07, 6.45) is 9.59. The molecule has 2 saturated heterocycles. The molecule has 6 nitrogen and oxygen atoms in total. The standard InChI is InChI=1S/C33H54N4O2S2/c1-25(2)15-20-37-30(24-41-33(37,3)4)32(39)35-29(23-40-22-27-13-9-6-10-14-27)31(38)34-28-16-18-36(19-17-28)21-26-11-7-5-8-12-26/h5,7-8,11-12,25,27-30H,6,9-10,13-24H2,1-4H3,(H,34,38)(H,35,39)/t29-,30-/m0/s1. The van der Waals surface area contributed by atoms with Gasteiger partial charge in [-0.2, -0.15) is 11.8 Å². The van der Waals surface area contributed by atoms with E-state index >= 15 is 0 Å². The fraction of sp³-hybridized carbons (Fsp3) is 0.758. The van der Waals surface area contributed by atoms with E-state index in [1.54, 1.807) is 0 Å². The number of nitrogens with one attached hydrogen (secondary N) is 2. The molecule has 230 valence electrons. The van der Waals surface area contributed by atoms with Crippen LogP contribution in [0.4, 0.5) is 0 Å². The molecule has 8 heteroatoms. The van der Waals surface area contributed by atoms with Crippen LogP contribution < -0.4 is 10.6 Å². The highest BCUT2D eigenvalue weighted by molar-refractivity contribution is 8.00. The summed E-state index contributed by atoms with van der Waals surface area (Å²) < 4.78 is 0. The summed E-state index contributed by atoms with van der Waals surface area (Å²) in [6.45, 7) is 12.7. The van der Waals surface area contributed by atoms with Gasteiger partial charge in [0.1, 0.15) is 6.04 Å².